The van der Waals surface area contributed by atoms with Crippen molar-refractivity contribution in [1.29, 1.82) is 0 Å². The molecule has 204 valence electrons. The van der Waals surface area contributed by atoms with Crippen molar-refractivity contribution in [3.8, 4) is 0 Å². The molecule has 2 aliphatic heterocycles. The third-order valence-corrected chi connectivity index (χ3v) is 7.83. The number of piperidine rings is 1. The fraction of sp³-hybridized carbons (Fsp3) is 0.387. The number of amides is 1. The Balaban J connectivity index is 1.42. The number of hydrogen-bond donors (Lipinski definition) is 3. The van der Waals surface area contributed by atoms with Crippen LogP contribution in [0.2, 0.25) is 0 Å². The molecule has 1 amide bonds. The summed E-state index contributed by atoms with van der Waals surface area (Å²) in [6, 6.07) is 17.7. The highest BCUT2D eigenvalue weighted by atomic mass is 32.1. The number of carbonyl (C=O) groups is 1. The molecule has 1 saturated heterocycles. The topological polar surface area (TPSA) is 78.4 Å². The number of benzene rings is 2. The summed E-state index contributed by atoms with van der Waals surface area (Å²) in [5, 5.41) is 10.2. The van der Waals surface area contributed by atoms with Crippen LogP contribution in [0.1, 0.15) is 59.3 Å². The Morgan fingerprint density at radius 1 is 1.00 bits per heavy atom. The summed E-state index contributed by atoms with van der Waals surface area (Å²) >= 11 is 5.73. The zero-order valence-electron chi connectivity index (χ0n) is 22.9. The SMILES string of the molecule is CCCCNC(=O)c1ccc(N2CC3CC(C2)c2cccc(=O)n2C3)c(NC(=S)Nc2cc(C)cc(C)c2)c1. The Kier molecular flexibility index (Phi) is 8.02. The van der Waals surface area contributed by atoms with Crippen LogP contribution in [0, 0.1) is 19.8 Å². The van der Waals surface area contributed by atoms with Crippen LogP contribution in [-0.4, -0.2) is 35.2 Å². The van der Waals surface area contributed by atoms with Crippen LogP contribution in [0.15, 0.2) is 59.4 Å². The molecule has 0 spiro atoms. The fourth-order valence-corrected chi connectivity index (χ4v) is 6.19. The van der Waals surface area contributed by atoms with E-state index < -0.39 is 0 Å². The molecule has 0 saturated carbocycles. The number of pyridine rings is 1. The summed E-state index contributed by atoms with van der Waals surface area (Å²) in [5.41, 5.74) is 6.83. The van der Waals surface area contributed by atoms with E-state index in [0.717, 1.165) is 72.8 Å². The Bertz CT molecular complexity index is 1430. The second-order valence-corrected chi connectivity index (χ2v) is 11.3. The summed E-state index contributed by atoms with van der Waals surface area (Å²) in [7, 11) is 0. The molecule has 3 heterocycles. The summed E-state index contributed by atoms with van der Waals surface area (Å²) in [5.74, 6) is 0.563. The summed E-state index contributed by atoms with van der Waals surface area (Å²) < 4.78 is 1.95. The van der Waals surface area contributed by atoms with E-state index in [9.17, 15) is 9.59 Å². The third-order valence-electron chi connectivity index (χ3n) is 7.62. The summed E-state index contributed by atoms with van der Waals surface area (Å²) in [6.45, 7) is 9.25. The lowest BCUT2D eigenvalue weighted by Gasteiger charge is -2.44. The van der Waals surface area contributed by atoms with Crippen molar-refractivity contribution in [2.24, 2.45) is 5.92 Å². The average molecular weight is 544 g/mol. The minimum absolute atomic E-state index is 0.0826. The van der Waals surface area contributed by atoms with Crippen molar-refractivity contribution in [2.75, 3.05) is 35.2 Å². The van der Waals surface area contributed by atoms with E-state index in [2.05, 4.69) is 65.9 Å². The number of nitrogens with zero attached hydrogens (tertiary/aromatic N) is 2. The minimum Gasteiger partial charge on any atom is -0.369 e. The fourth-order valence-electron chi connectivity index (χ4n) is 5.96. The first-order chi connectivity index (χ1) is 18.8. The van der Waals surface area contributed by atoms with Gasteiger partial charge in [0, 0.05) is 55.1 Å². The molecular weight excluding hydrogens is 506 g/mol. The molecule has 2 aliphatic rings. The van der Waals surface area contributed by atoms with Gasteiger partial charge in [0.1, 0.15) is 0 Å². The lowest BCUT2D eigenvalue weighted by molar-refractivity contribution is 0.0953. The number of unbranched alkanes of at least 4 members (excludes halogenated alkanes) is 1. The lowest BCUT2D eigenvalue weighted by atomic mass is 9.83. The van der Waals surface area contributed by atoms with Crippen LogP contribution in [0.25, 0.3) is 0 Å². The highest BCUT2D eigenvalue weighted by Gasteiger charge is 2.35. The van der Waals surface area contributed by atoms with Gasteiger partial charge in [0.2, 0.25) is 0 Å². The lowest BCUT2D eigenvalue weighted by Crippen LogP contribution is -2.47. The molecule has 3 N–H and O–H groups in total. The highest BCUT2D eigenvalue weighted by Crippen LogP contribution is 2.39. The predicted molar refractivity (Wildman–Crippen MR) is 163 cm³/mol. The number of nitrogens with one attached hydrogen (secondary N) is 3. The molecule has 3 aromatic rings. The van der Waals surface area contributed by atoms with Crippen molar-refractivity contribution < 1.29 is 4.79 Å². The molecule has 2 atom stereocenters. The molecule has 2 unspecified atom stereocenters. The van der Waals surface area contributed by atoms with Gasteiger partial charge in [0.25, 0.3) is 11.5 Å². The number of fused-ring (bicyclic) bond motifs is 4. The number of carbonyl (C=O) groups excluding carboxylic acids is 1. The second kappa shape index (κ2) is 11.6. The van der Waals surface area contributed by atoms with Gasteiger partial charge in [-0.25, -0.2) is 0 Å². The first-order valence-electron chi connectivity index (χ1n) is 13.8. The molecule has 2 aromatic carbocycles. The van der Waals surface area contributed by atoms with Gasteiger partial charge in [-0.05, 0) is 92.4 Å². The summed E-state index contributed by atoms with van der Waals surface area (Å²) in [4.78, 5) is 27.8. The molecule has 2 bridgehead atoms. The quantitative estimate of drug-likeness (QED) is 0.273. The number of aryl methyl sites for hydroxylation is 2. The molecule has 1 fully saturated rings. The number of hydrogen-bond acceptors (Lipinski definition) is 4. The van der Waals surface area contributed by atoms with Crippen LogP contribution in [0.4, 0.5) is 17.1 Å². The van der Waals surface area contributed by atoms with Gasteiger partial charge in [-0.2, -0.15) is 0 Å². The Morgan fingerprint density at radius 3 is 2.56 bits per heavy atom. The highest BCUT2D eigenvalue weighted by molar-refractivity contribution is 7.80. The molecular formula is C31H37N5O2S. The number of rotatable bonds is 7. The van der Waals surface area contributed by atoms with Crippen molar-refractivity contribution in [3.63, 3.8) is 0 Å². The Labute approximate surface area is 235 Å². The molecule has 1 aromatic heterocycles. The third kappa shape index (κ3) is 6.17. The van der Waals surface area contributed by atoms with Gasteiger partial charge in [-0.1, -0.05) is 25.5 Å². The predicted octanol–water partition coefficient (Wildman–Crippen LogP) is 5.43. The summed E-state index contributed by atoms with van der Waals surface area (Å²) in [6.07, 6.45) is 3.05. The monoisotopic (exact) mass is 543 g/mol. The standard InChI is InChI=1S/C31H37N5O2S/c1-4-5-11-32-30(38)23-9-10-28(26(16-23)34-31(39)33-25-13-20(2)12-21(3)14-25)35-17-22-15-24(19-35)27-7-6-8-29(37)36(27)18-22/h6-10,12-14,16,22,24H,4-5,11,15,17-19H2,1-3H3,(H,32,38)(H2,33,34,39). The van der Waals surface area contributed by atoms with Gasteiger partial charge in [-0.3, -0.25) is 9.59 Å². The normalized spacial score (nSPS) is 17.8. The van der Waals surface area contributed by atoms with E-state index in [4.69, 9.17) is 12.2 Å². The molecule has 5 rings (SSSR count). The average Bonchev–Trinajstić information content (AvgIpc) is 2.88. The number of anilines is 3. The van der Waals surface area contributed by atoms with E-state index in [1.165, 1.54) is 0 Å². The van der Waals surface area contributed by atoms with Crippen LogP contribution in [-0.2, 0) is 6.54 Å². The van der Waals surface area contributed by atoms with Gasteiger partial charge in [-0.15, -0.1) is 0 Å². The first kappa shape index (κ1) is 26.9. The maximum absolute atomic E-state index is 12.9. The Hall–Kier alpha value is -3.65. The van der Waals surface area contributed by atoms with E-state index in [1.54, 1.807) is 6.07 Å². The van der Waals surface area contributed by atoms with Crippen molar-refractivity contribution in [2.45, 2.75) is 52.5 Å². The van der Waals surface area contributed by atoms with Crippen molar-refractivity contribution in [1.82, 2.24) is 9.88 Å². The number of aromatic nitrogens is 1. The van der Waals surface area contributed by atoms with Crippen molar-refractivity contribution >= 4 is 40.3 Å². The first-order valence-corrected chi connectivity index (χ1v) is 14.2. The molecule has 7 nitrogen and oxygen atoms in total. The maximum atomic E-state index is 12.9. The van der Waals surface area contributed by atoms with Crippen molar-refractivity contribution in [3.05, 3.63) is 87.3 Å². The van der Waals surface area contributed by atoms with E-state index in [1.807, 2.05) is 28.8 Å². The van der Waals surface area contributed by atoms with Crippen LogP contribution < -0.4 is 26.4 Å². The molecule has 39 heavy (non-hydrogen) atoms. The largest absolute Gasteiger partial charge is 0.369 e. The maximum Gasteiger partial charge on any atom is 0.251 e. The van der Waals surface area contributed by atoms with Crippen LogP contribution >= 0.6 is 12.2 Å². The zero-order chi connectivity index (χ0) is 27.5. The second-order valence-electron chi connectivity index (χ2n) is 10.9. The van der Waals surface area contributed by atoms with Gasteiger partial charge in [0.15, 0.2) is 5.11 Å². The smallest absolute Gasteiger partial charge is 0.251 e. The molecule has 0 aliphatic carbocycles. The number of thiocarbonyl (C=S) groups is 1. The van der Waals surface area contributed by atoms with Gasteiger partial charge in [0.05, 0.1) is 11.4 Å². The molecule has 8 heteroatoms. The zero-order valence-corrected chi connectivity index (χ0v) is 23.7. The van der Waals surface area contributed by atoms with Gasteiger partial charge >= 0.3 is 0 Å². The van der Waals surface area contributed by atoms with E-state index in [-0.39, 0.29) is 17.4 Å². The molecule has 0 radical (unpaired) electrons. The van der Waals surface area contributed by atoms with E-state index in [0.29, 0.717) is 23.1 Å². The van der Waals surface area contributed by atoms with Gasteiger partial charge < -0.3 is 25.4 Å². The Morgan fingerprint density at radius 2 is 1.79 bits per heavy atom. The minimum atomic E-state index is -0.0879. The van der Waals surface area contributed by atoms with Crippen LogP contribution in [0.5, 0.6) is 0 Å². The van der Waals surface area contributed by atoms with E-state index >= 15 is 0 Å². The van der Waals surface area contributed by atoms with Crippen LogP contribution in [0.3, 0.4) is 0 Å².